The van der Waals surface area contributed by atoms with Gasteiger partial charge in [0.05, 0.1) is 12.7 Å². The smallest absolute Gasteiger partial charge is 0.223 e. The average molecular weight is 261 g/mol. The summed E-state index contributed by atoms with van der Waals surface area (Å²) in [5.41, 5.74) is 2.29. The Balaban J connectivity index is 1.82. The number of carbonyl (C=O) groups excluding carboxylic acids is 1. The van der Waals surface area contributed by atoms with Crippen LogP contribution in [0.2, 0.25) is 0 Å². The zero-order valence-electron chi connectivity index (χ0n) is 11.8. The van der Waals surface area contributed by atoms with Crippen LogP contribution in [-0.4, -0.2) is 12.0 Å². The van der Waals surface area contributed by atoms with Crippen molar-refractivity contribution in [3.8, 4) is 0 Å². The Morgan fingerprint density at radius 3 is 2.74 bits per heavy atom. The van der Waals surface area contributed by atoms with E-state index < -0.39 is 0 Å². The zero-order valence-corrected chi connectivity index (χ0v) is 11.8. The van der Waals surface area contributed by atoms with Crippen molar-refractivity contribution < 1.29 is 9.53 Å². The molecule has 19 heavy (non-hydrogen) atoms. The van der Waals surface area contributed by atoms with Crippen LogP contribution in [0.1, 0.15) is 44.2 Å². The number of ether oxygens (including phenoxy) is 1. The molecule has 1 aromatic carbocycles. The molecule has 1 N–H and O–H groups in total. The fourth-order valence-electron chi connectivity index (χ4n) is 2.10. The fraction of sp³-hybridized carbons (Fsp3) is 0.562. The van der Waals surface area contributed by atoms with Crippen LogP contribution in [0.5, 0.6) is 0 Å². The third-order valence-electron chi connectivity index (χ3n) is 3.52. The highest BCUT2D eigenvalue weighted by Crippen LogP contribution is 2.26. The van der Waals surface area contributed by atoms with Gasteiger partial charge in [-0.3, -0.25) is 4.79 Å². The first-order chi connectivity index (χ1) is 9.15. The van der Waals surface area contributed by atoms with Crippen LogP contribution in [0.3, 0.4) is 0 Å². The Morgan fingerprint density at radius 1 is 1.37 bits per heavy atom. The second-order valence-electron chi connectivity index (χ2n) is 5.53. The van der Waals surface area contributed by atoms with Crippen molar-refractivity contribution in [1.82, 2.24) is 5.32 Å². The van der Waals surface area contributed by atoms with Crippen molar-refractivity contribution in [2.75, 3.05) is 0 Å². The summed E-state index contributed by atoms with van der Waals surface area (Å²) in [5, 5.41) is 3.01. The molecule has 104 valence electrons. The summed E-state index contributed by atoms with van der Waals surface area (Å²) in [6.45, 7) is 5.30. The molecule has 1 aliphatic rings. The van der Waals surface area contributed by atoms with E-state index in [0.717, 1.165) is 24.0 Å². The first-order valence-corrected chi connectivity index (χ1v) is 7.12. The fourth-order valence-corrected chi connectivity index (χ4v) is 2.10. The van der Waals surface area contributed by atoms with Gasteiger partial charge in [-0.05, 0) is 37.8 Å². The summed E-state index contributed by atoms with van der Waals surface area (Å²) < 4.78 is 5.59. The molecule has 0 unspecified atom stereocenters. The van der Waals surface area contributed by atoms with Gasteiger partial charge in [0.15, 0.2) is 0 Å². The lowest BCUT2D eigenvalue weighted by atomic mass is 9.85. The average Bonchev–Trinajstić information content (AvgIpc) is 2.32. The maximum Gasteiger partial charge on any atom is 0.223 e. The molecule has 0 saturated heterocycles. The molecule has 1 fully saturated rings. The molecule has 1 amide bonds. The lowest BCUT2D eigenvalue weighted by molar-refractivity contribution is -0.127. The van der Waals surface area contributed by atoms with Crippen LogP contribution in [0, 0.1) is 5.92 Å². The van der Waals surface area contributed by atoms with Gasteiger partial charge in [-0.25, -0.2) is 0 Å². The van der Waals surface area contributed by atoms with Crippen molar-refractivity contribution in [1.29, 1.82) is 0 Å². The number of benzene rings is 1. The third-order valence-corrected chi connectivity index (χ3v) is 3.52. The SMILES string of the molecule is CC(C)OCc1cccc(CNC(=O)C2CCC2)c1. The number of amides is 1. The van der Waals surface area contributed by atoms with Crippen molar-refractivity contribution >= 4 is 5.91 Å². The Hall–Kier alpha value is -1.35. The predicted octanol–water partition coefficient (Wildman–Crippen LogP) is 3.03. The van der Waals surface area contributed by atoms with Crippen molar-refractivity contribution in [3.05, 3.63) is 35.4 Å². The molecular formula is C16H23NO2. The molecule has 0 spiro atoms. The predicted molar refractivity (Wildman–Crippen MR) is 75.6 cm³/mol. The van der Waals surface area contributed by atoms with E-state index in [9.17, 15) is 4.79 Å². The van der Waals surface area contributed by atoms with Gasteiger partial charge in [-0.15, -0.1) is 0 Å². The number of nitrogens with one attached hydrogen (secondary N) is 1. The number of hydrogen-bond acceptors (Lipinski definition) is 2. The standard InChI is InChI=1S/C16H23NO2/c1-12(2)19-11-14-6-3-5-13(9-14)10-17-16(18)15-7-4-8-15/h3,5-6,9,12,15H,4,7-8,10-11H2,1-2H3,(H,17,18). The Kier molecular flexibility index (Phi) is 4.97. The van der Waals surface area contributed by atoms with E-state index >= 15 is 0 Å². The van der Waals surface area contributed by atoms with Crippen molar-refractivity contribution in [2.24, 2.45) is 5.92 Å². The lowest BCUT2D eigenvalue weighted by Gasteiger charge is -2.24. The van der Waals surface area contributed by atoms with Gasteiger partial charge in [0.2, 0.25) is 5.91 Å². The summed E-state index contributed by atoms with van der Waals surface area (Å²) in [5.74, 6) is 0.461. The number of rotatable bonds is 6. The third kappa shape index (κ3) is 4.35. The molecular weight excluding hydrogens is 238 g/mol. The maximum atomic E-state index is 11.8. The van der Waals surface area contributed by atoms with Gasteiger partial charge < -0.3 is 10.1 Å². The Morgan fingerprint density at radius 2 is 2.11 bits per heavy atom. The minimum Gasteiger partial charge on any atom is -0.374 e. The molecule has 3 heteroatoms. The van der Waals surface area contributed by atoms with Crippen LogP contribution in [0.15, 0.2) is 24.3 Å². The van der Waals surface area contributed by atoms with Crippen LogP contribution in [0.25, 0.3) is 0 Å². The van der Waals surface area contributed by atoms with Crippen LogP contribution < -0.4 is 5.32 Å². The van der Waals surface area contributed by atoms with Gasteiger partial charge in [-0.1, -0.05) is 30.7 Å². The Bertz CT molecular complexity index is 425. The summed E-state index contributed by atoms with van der Waals surface area (Å²) in [6.07, 6.45) is 3.53. The maximum absolute atomic E-state index is 11.8. The number of carbonyl (C=O) groups is 1. The quantitative estimate of drug-likeness (QED) is 0.854. The minimum absolute atomic E-state index is 0.204. The second-order valence-corrected chi connectivity index (χ2v) is 5.53. The molecule has 1 aliphatic carbocycles. The molecule has 1 aromatic rings. The summed E-state index contributed by atoms with van der Waals surface area (Å²) in [6, 6.07) is 8.22. The van der Waals surface area contributed by atoms with Crippen molar-refractivity contribution in [3.63, 3.8) is 0 Å². The first kappa shape index (κ1) is 14.1. The summed E-state index contributed by atoms with van der Waals surface area (Å²) in [7, 11) is 0. The molecule has 0 bridgehead atoms. The van der Waals surface area contributed by atoms with E-state index in [1.54, 1.807) is 0 Å². The molecule has 0 heterocycles. The van der Waals surface area contributed by atoms with Gasteiger partial charge >= 0.3 is 0 Å². The van der Waals surface area contributed by atoms with Gasteiger partial charge in [-0.2, -0.15) is 0 Å². The van der Waals surface area contributed by atoms with Gasteiger partial charge in [0.1, 0.15) is 0 Å². The number of hydrogen-bond donors (Lipinski definition) is 1. The molecule has 1 saturated carbocycles. The van der Waals surface area contributed by atoms with E-state index in [4.69, 9.17) is 4.74 Å². The molecule has 0 aromatic heterocycles. The first-order valence-electron chi connectivity index (χ1n) is 7.12. The molecule has 0 atom stereocenters. The van der Waals surface area contributed by atoms with E-state index in [2.05, 4.69) is 17.4 Å². The van der Waals surface area contributed by atoms with Gasteiger partial charge in [0, 0.05) is 12.5 Å². The molecule has 0 radical (unpaired) electrons. The molecule has 3 nitrogen and oxygen atoms in total. The highest BCUT2D eigenvalue weighted by molar-refractivity contribution is 5.79. The highest BCUT2D eigenvalue weighted by Gasteiger charge is 2.24. The zero-order chi connectivity index (χ0) is 13.7. The monoisotopic (exact) mass is 261 g/mol. The lowest BCUT2D eigenvalue weighted by Crippen LogP contribution is -2.33. The Labute approximate surface area is 115 Å². The van der Waals surface area contributed by atoms with E-state index in [0.29, 0.717) is 13.2 Å². The summed E-state index contributed by atoms with van der Waals surface area (Å²) in [4.78, 5) is 11.8. The largest absolute Gasteiger partial charge is 0.374 e. The highest BCUT2D eigenvalue weighted by atomic mass is 16.5. The van der Waals surface area contributed by atoms with Crippen LogP contribution in [0.4, 0.5) is 0 Å². The normalized spacial score (nSPS) is 15.3. The minimum atomic E-state index is 0.204. The van der Waals surface area contributed by atoms with E-state index in [-0.39, 0.29) is 17.9 Å². The molecule has 0 aliphatic heterocycles. The topological polar surface area (TPSA) is 38.3 Å². The molecule has 2 rings (SSSR count). The van der Waals surface area contributed by atoms with E-state index in [1.165, 1.54) is 6.42 Å². The van der Waals surface area contributed by atoms with Crippen LogP contribution in [-0.2, 0) is 22.7 Å². The summed E-state index contributed by atoms with van der Waals surface area (Å²) >= 11 is 0. The van der Waals surface area contributed by atoms with Crippen LogP contribution >= 0.6 is 0 Å². The van der Waals surface area contributed by atoms with Gasteiger partial charge in [0.25, 0.3) is 0 Å². The van der Waals surface area contributed by atoms with E-state index in [1.807, 2.05) is 26.0 Å². The van der Waals surface area contributed by atoms with Crippen molar-refractivity contribution in [2.45, 2.75) is 52.4 Å². The second kappa shape index (κ2) is 6.71.